The van der Waals surface area contributed by atoms with Gasteiger partial charge in [-0.25, -0.2) is 0 Å². The normalized spacial score (nSPS) is 25.7. The predicted molar refractivity (Wildman–Crippen MR) is 65.3 cm³/mol. The second-order valence-electron chi connectivity index (χ2n) is 5.77. The maximum atomic E-state index is 12.2. The second kappa shape index (κ2) is 3.88. The Labute approximate surface area is 102 Å². The van der Waals surface area contributed by atoms with Crippen LogP contribution < -0.4 is 5.32 Å². The minimum absolute atomic E-state index is 0.000791. The van der Waals surface area contributed by atoms with Gasteiger partial charge in [-0.05, 0) is 24.5 Å². The maximum Gasteiger partial charge on any atom is 0.248 e. The van der Waals surface area contributed by atoms with Crippen molar-refractivity contribution in [3.05, 3.63) is 23.7 Å². The van der Waals surface area contributed by atoms with Crippen molar-refractivity contribution in [1.29, 1.82) is 0 Å². The molecule has 94 valence electrons. The van der Waals surface area contributed by atoms with Gasteiger partial charge in [0.25, 0.3) is 0 Å². The molecule has 0 aromatic carbocycles. The first-order valence-corrected chi connectivity index (χ1v) is 5.90. The van der Waals surface area contributed by atoms with Crippen LogP contribution in [0, 0.1) is 12.3 Å². The molecule has 4 heteroatoms. The Bertz CT molecular complexity index is 431. The van der Waals surface area contributed by atoms with Crippen LogP contribution in [-0.2, 0) is 4.79 Å². The lowest BCUT2D eigenvalue weighted by Gasteiger charge is -2.32. The number of amides is 1. The predicted octanol–water partition coefficient (Wildman–Crippen LogP) is 2.06. The summed E-state index contributed by atoms with van der Waals surface area (Å²) < 4.78 is 5.54. The molecule has 2 heterocycles. The summed E-state index contributed by atoms with van der Waals surface area (Å²) in [6.45, 7) is 8.23. The number of likely N-dealkylation sites (N-methyl/N-ethyl adjacent to an activating group) is 1. The highest BCUT2D eigenvalue weighted by molar-refractivity contribution is 5.84. The zero-order valence-electron chi connectivity index (χ0n) is 11.1. The summed E-state index contributed by atoms with van der Waals surface area (Å²) in [4.78, 5) is 13.9. The van der Waals surface area contributed by atoms with Crippen molar-refractivity contribution in [2.45, 2.75) is 39.9 Å². The number of nitrogens with zero attached hydrogens (tertiary/aromatic N) is 1. The molecule has 0 saturated carbocycles. The Morgan fingerprint density at radius 1 is 1.35 bits per heavy atom. The highest BCUT2D eigenvalue weighted by Gasteiger charge is 2.44. The summed E-state index contributed by atoms with van der Waals surface area (Å²) in [5.41, 5.74) is 0.000791. The lowest BCUT2D eigenvalue weighted by Crippen LogP contribution is -2.44. The fraction of sp³-hybridized carbons (Fsp3) is 0.615. The Morgan fingerprint density at radius 2 is 2.00 bits per heavy atom. The van der Waals surface area contributed by atoms with E-state index in [1.165, 1.54) is 0 Å². The summed E-state index contributed by atoms with van der Waals surface area (Å²) in [7, 11) is 1.83. The quantitative estimate of drug-likeness (QED) is 0.811. The van der Waals surface area contributed by atoms with Crippen LogP contribution in [0.3, 0.4) is 0 Å². The van der Waals surface area contributed by atoms with Crippen molar-refractivity contribution in [3.63, 3.8) is 0 Å². The molecule has 1 N–H and O–H groups in total. The highest BCUT2D eigenvalue weighted by atomic mass is 16.3. The van der Waals surface area contributed by atoms with Crippen LogP contribution in [0.25, 0.3) is 0 Å². The number of hydrogen-bond donors (Lipinski definition) is 1. The zero-order chi connectivity index (χ0) is 12.8. The Hall–Kier alpha value is -1.29. The molecule has 2 atom stereocenters. The topological polar surface area (TPSA) is 45.5 Å². The summed E-state index contributed by atoms with van der Waals surface area (Å²) in [6, 6.07) is 3.40. The van der Waals surface area contributed by atoms with E-state index in [0.717, 1.165) is 5.76 Å². The van der Waals surface area contributed by atoms with E-state index in [1.807, 2.05) is 26.1 Å². The van der Waals surface area contributed by atoms with E-state index >= 15 is 0 Å². The van der Waals surface area contributed by atoms with Crippen molar-refractivity contribution in [2.75, 3.05) is 7.05 Å². The number of rotatable bonds is 1. The molecular formula is C13H20N2O2. The number of aryl methyl sites for hydroxylation is 1. The van der Waals surface area contributed by atoms with Gasteiger partial charge in [0.1, 0.15) is 17.6 Å². The first kappa shape index (κ1) is 12.2. The molecular weight excluding hydrogens is 216 g/mol. The molecule has 1 aliphatic rings. The molecule has 1 saturated heterocycles. The number of furan rings is 1. The molecule has 0 radical (unpaired) electrons. The summed E-state index contributed by atoms with van der Waals surface area (Å²) >= 11 is 0. The molecule has 4 nitrogen and oxygen atoms in total. The molecule has 1 aromatic heterocycles. The van der Waals surface area contributed by atoms with Crippen LogP contribution >= 0.6 is 0 Å². The van der Waals surface area contributed by atoms with E-state index in [-0.39, 0.29) is 23.5 Å². The van der Waals surface area contributed by atoms with Crippen molar-refractivity contribution in [3.8, 4) is 0 Å². The summed E-state index contributed by atoms with van der Waals surface area (Å²) in [5.74, 6) is 1.60. The second-order valence-corrected chi connectivity index (χ2v) is 5.77. The summed E-state index contributed by atoms with van der Waals surface area (Å²) in [5, 5.41) is 3.34. The zero-order valence-corrected chi connectivity index (χ0v) is 11.1. The molecule has 0 bridgehead atoms. The van der Waals surface area contributed by atoms with Crippen LogP contribution in [0.15, 0.2) is 16.5 Å². The lowest BCUT2D eigenvalue weighted by molar-refractivity contribution is -0.130. The largest absolute Gasteiger partial charge is 0.464 e. The monoisotopic (exact) mass is 236 g/mol. The molecule has 1 amide bonds. The third-order valence-electron chi connectivity index (χ3n) is 3.17. The van der Waals surface area contributed by atoms with Gasteiger partial charge in [-0.1, -0.05) is 20.8 Å². The highest BCUT2D eigenvalue weighted by Crippen LogP contribution is 2.32. The first-order valence-electron chi connectivity index (χ1n) is 5.90. The van der Waals surface area contributed by atoms with E-state index in [1.54, 1.807) is 4.90 Å². The van der Waals surface area contributed by atoms with Gasteiger partial charge in [0, 0.05) is 7.05 Å². The average Bonchev–Trinajstić information content (AvgIpc) is 2.73. The summed E-state index contributed by atoms with van der Waals surface area (Å²) in [6.07, 6.45) is 0.0328. The van der Waals surface area contributed by atoms with E-state index in [2.05, 4.69) is 26.1 Å². The van der Waals surface area contributed by atoms with Gasteiger partial charge in [0.2, 0.25) is 5.91 Å². The Morgan fingerprint density at radius 3 is 2.41 bits per heavy atom. The molecule has 1 aliphatic heterocycles. The molecule has 0 spiro atoms. The standard InChI is InChI=1S/C13H20N2O2/c1-8-6-7-9(17-8)10-11(16)15(5)12(14-10)13(2,3)4/h6-7,10,12,14H,1-5H3/t10-,12-/m0/s1. The Balaban J connectivity index is 2.26. The van der Waals surface area contributed by atoms with Crippen LogP contribution in [0.2, 0.25) is 0 Å². The van der Waals surface area contributed by atoms with Crippen molar-refractivity contribution in [2.24, 2.45) is 5.41 Å². The third-order valence-corrected chi connectivity index (χ3v) is 3.17. The minimum atomic E-state index is -0.349. The van der Waals surface area contributed by atoms with Gasteiger partial charge in [0.05, 0.1) is 6.17 Å². The Kier molecular flexibility index (Phi) is 2.78. The number of carbonyl (C=O) groups excluding carboxylic acids is 1. The van der Waals surface area contributed by atoms with Crippen LogP contribution in [-0.4, -0.2) is 24.0 Å². The van der Waals surface area contributed by atoms with Gasteiger partial charge < -0.3 is 9.32 Å². The van der Waals surface area contributed by atoms with Gasteiger partial charge in [0.15, 0.2) is 0 Å². The SMILES string of the molecule is Cc1ccc([C@@H]2N[C@H](C(C)(C)C)N(C)C2=O)o1. The maximum absolute atomic E-state index is 12.2. The first-order chi connectivity index (χ1) is 7.80. The van der Waals surface area contributed by atoms with Crippen LogP contribution in [0.1, 0.15) is 38.3 Å². The molecule has 17 heavy (non-hydrogen) atoms. The van der Waals surface area contributed by atoms with Crippen molar-refractivity contribution < 1.29 is 9.21 Å². The van der Waals surface area contributed by atoms with E-state index in [9.17, 15) is 4.79 Å². The smallest absolute Gasteiger partial charge is 0.248 e. The number of hydrogen-bond acceptors (Lipinski definition) is 3. The minimum Gasteiger partial charge on any atom is -0.464 e. The van der Waals surface area contributed by atoms with E-state index in [0.29, 0.717) is 5.76 Å². The van der Waals surface area contributed by atoms with Gasteiger partial charge in [-0.15, -0.1) is 0 Å². The number of carbonyl (C=O) groups is 1. The molecule has 1 aromatic rings. The molecule has 2 rings (SSSR count). The fourth-order valence-electron chi connectivity index (χ4n) is 2.32. The van der Waals surface area contributed by atoms with E-state index < -0.39 is 0 Å². The van der Waals surface area contributed by atoms with Gasteiger partial charge >= 0.3 is 0 Å². The molecule has 0 unspecified atom stereocenters. The van der Waals surface area contributed by atoms with Crippen LogP contribution in [0.5, 0.6) is 0 Å². The van der Waals surface area contributed by atoms with E-state index in [4.69, 9.17) is 4.42 Å². The van der Waals surface area contributed by atoms with Crippen LogP contribution in [0.4, 0.5) is 0 Å². The van der Waals surface area contributed by atoms with Gasteiger partial charge in [-0.2, -0.15) is 0 Å². The molecule has 1 fully saturated rings. The van der Waals surface area contributed by atoms with Gasteiger partial charge in [-0.3, -0.25) is 10.1 Å². The number of nitrogens with one attached hydrogen (secondary N) is 1. The van der Waals surface area contributed by atoms with Crippen molar-refractivity contribution >= 4 is 5.91 Å². The fourth-order valence-corrected chi connectivity index (χ4v) is 2.32. The third kappa shape index (κ3) is 2.09. The average molecular weight is 236 g/mol. The van der Waals surface area contributed by atoms with Crippen molar-refractivity contribution in [1.82, 2.24) is 10.2 Å². The lowest BCUT2D eigenvalue weighted by atomic mass is 9.92. The molecule has 0 aliphatic carbocycles.